The molecule has 0 aliphatic carbocycles. The van der Waals surface area contributed by atoms with Crippen LogP contribution in [-0.4, -0.2) is 88.9 Å². The zero-order valence-electron chi connectivity index (χ0n) is 25.0. The molecular weight excluding hydrogens is 544 g/mol. The van der Waals surface area contributed by atoms with Crippen LogP contribution in [-0.2, 0) is 25.6 Å². The van der Waals surface area contributed by atoms with Gasteiger partial charge in [0.05, 0.1) is 13.2 Å². The van der Waals surface area contributed by atoms with Crippen LogP contribution in [0.3, 0.4) is 0 Å². The van der Waals surface area contributed by atoms with Crippen molar-refractivity contribution in [2.45, 2.75) is 127 Å². The normalized spacial score (nSPS) is 22.8. The van der Waals surface area contributed by atoms with Gasteiger partial charge in [-0.1, -0.05) is 108 Å². The summed E-state index contributed by atoms with van der Waals surface area (Å²) in [4.78, 5) is 25.4. The van der Waals surface area contributed by atoms with Crippen LogP contribution in [0.4, 0.5) is 4.79 Å². The van der Waals surface area contributed by atoms with Gasteiger partial charge in [0.1, 0.15) is 37.1 Å². The molecule has 1 aliphatic heterocycles. The SMILES string of the molecule is CCCCCCCCCCCCCCNC(=O)[C@H](CO[C@@H]1O[C@H](CO)[C@@H](O)[C@H](O)[C@H]1O)NC(=O)OCc1ccccc1. The van der Waals surface area contributed by atoms with Crippen molar-refractivity contribution < 1.29 is 44.2 Å². The predicted molar refractivity (Wildman–Crippen MR) is 157 cm³/mol. The summed E-state index contributed by atoms with van der Waals surface area (Å²) in [7, 11) is 0. The Balaban J connectivity index is 1.77. The monoisotopic (exact) mass is 596 g/mol. The number of hydrogen-bond donors (Lipinski definition) is 6. The molecule has 240 valence electrons. The molecule has 42 heavy (non-hydrogen) atoms. The lowest BCUT2D eigenvalue weighted by molar-refractivity contribution is -0.301. The van der Waals surface area contributed by atoms with Crippen LogP contribution in [0.15, 0.2) is 30.3 Å². The summed E-state index contributed by atoms with van der Waals surface area (Å²) >= 11 is 0. The number of nitrogens with one attached hydrogen (secondary N) is 2. The fourth-order valence-electron chi connectivity index (χ4n) is 4.79. The Morgan fingerprint density at radius 3 is 2.05 bits per heavy atom. The van der Waals surface area contributed by atoms with Gasteiger partial charge in [0.15, 0.2) is 6.29 Å². The lowest BCUT2D eigenvalue weighted by Gasteiger charge is -2.39. The highest BCUT2D eigenvalue weighted by Gasteiger charge is 2.44. The molecule has 1 fully saturated rings. The first-order valence-electron chi connectivity index (χ1n) is 15.5. The summed E-state index contributed by atoms with van der Waals surface area (Å²) in [6.45, 7) is 1.64. The molecule has 0 saturated carbocycles. The van der Waals surface area contributed by atoms with Crippen LogP contribution < -0.4 is 10.6 Å². The number of hydrogen-bond acceptors (Lipinski definition) is 9. The Labute approximate surface area is 249 Å². The van der Waals surface area contributed by atoms with Gasteiger partial charge in [-0.15, -0.1) is 0 Å². The molecule has 0 spiro atoms. The predicted octanol–water partition coefficient (Wildman–Crippen LogP) is 2.92. The first-order chi connectivity index (χ1) is 20.4. The first-order valence-corrected chi connectivity index (χ1v) is 15.5. The van der Waals surface area contributed by atoms with Gasteiger partial charge in [-0.2, -0.15) is 0 Å². The van der Waals surface area contributed by atoms with Gasteiger partial charge >= 0.3 is 6.09 Å². The van der Waals surface area contributed by atoms with E-state index < -0.39 is 62.0 Å². The van der Waals surface area contributed by atoms with Crippen molar-refractivity contribution in [3.8, 4) is 0 Å². The van der Waals surface area contributed by atoms with Gasteiger partial charge in [-0.05, 0) is 12.0 Å². The van der Waals surface area contributed by atoms with Gasteiger partial charge in [0.25, 0.3) is 0 Å². The number of rotatable bonds is 21. The first kappa shape index (κ1) is 35.9. The maximum Gasteiger partial charge on any atom is 0.408 e. The largest absolute Gasteiger partial charge is 0.445 e. The number of carbonyl (C=O) groups excluding carboxylic acids is 2. The van der Waals surface area contributed by atoms with Gasteiger partial charge < -0.3 is 45.3 Å². The standard InChI is InChI=1S/C31H52N2O9/c1-2-3-4-5-6-7-8-9-10-11-12-16-19-32-29(38)24(33-31(39)41-21-23-17-14-13-15-18-23)22-40-30-28(37)27(36)26(35)25(20-34)42-30/h13-15,17-18,24-28,30,34-37H,2-12,16,19-22H2,1H3,(H,32,38)(H,33,39)/t24-,25+,26+,27-,28+,30+/m0/s1. The van der Waals surface area contributed by atoms with Gasteiger partial charge in [0.2, 0.25) is 5.91 Å². The molecule has 0 unspecified atom stereocenters. The van der Waals surface area contributed by atoms with Crippen molar-refractivity contribution in [1.29, 1.82) is 0 Å². The van der Waals surface area contributed by atoms with Crippen molar-refractivity contribution >= 4 is 12.0 Å². The van der Waals surface area contributed by atoms with E-state index >= 15 is 0 Å². The van der Waals surface area contributed by atoms with Crippen molar-refractivity contribution in [3.63, 3.8) is 0 Å². The molecule has 6 N–H and O–H groups in total. The summed E-state index contributed by atoms with van der Waals surface area (Å²) < 4.78 is 16.1. The third-order valence-electron chi connectivity index (χ3n) is 7.43. The molecular formula is C31H52N2O9. The highest BCUT2D eigenvalue weighted by atomic mass is 16.7. The third-order valence-corrected chi connectivity index (χ3v) is 7.43. The molecule has 1 aromatic carbocycles. The molecule has 11 heteroatoms. The third kappa shape index (κ3) is 13.8. The van der Waals surface area contributed by atoms with Crippen LogP contribution in [0.25, 0.3) is 0 Å². The van der Waals surface area contributed by atoms with Crippen molar-refractivity contribution in [2.75, 3.05) is 19.8 Å². The number of aliphatic hydroxyl groups is 4. The minimum atomic E-state index is -1.63. The van der Waals surface area contributed by atoms with E-state index in [1.165, 1.54) is 57.8 Å². The Morgan fingerprint density at radius 1 is 0.857 bits per heavy atom. The zero-order chi connectivity index (χ0) is 30.6. The minimum Gasteiger partial charge on any atom is -0.445 e. The molecule has 2 rings (SSSR count). The fraction of sp³-hybridized carbons (Fsp3) is 0.742. The van der Waals surface area contributed by atoms with E-state index in [9.17, 15) is 30.0 Å². The van der Waals surface area contributed by atoms with Crippen LogP contribution in [0, 0.1) is 0 Å². The number of unbranched alkanes of at least 4 members (excludes halogenated alkanes) is 11. The molecule has 1 heterocycles. The van der Waals surface area contributed by atoms with Gasteiger partial charge in [0, 0.05) is 6.54 Å². The second kappa shape index (κ2) is 21.4. The Kier molecular flexibility index (Phi) is 18.3. The van der Waals surface area contributed by atoms with Crippen LogP contribution in [0.2, 0.25) is 0 Å². The number of amides is 2. The van der Waals surface area contributed by atoms with Gasteiger partial charge in [-0.25, -0.2) is 4.79 Å². The number of aliphatic hydroxyl groups excluding tert-OH is 4. The Bertz CT molecular complexity index is 858. The number of ether oxygens (including phenoxy) is 3. The van der Waals surface area contributed by atoms with Crippen LogP contribution in [0.1, 0.15) is 89.5 Å². The Morgan fingerprint density at radius 2 is 1.45 bits per heavy atom. The summed E-state index contributed by atoms with van der Waals surface area (Å²) in [5.74, 6) is -0.501. The number of benzene rings is 1. The molecule has 1 aliphatic rings. The zero-order valence-corrected chi connectivity index (χ0v) is 25.0. The maximum atomic E-state index is 13.0. The van der Waals surface area contributed by atoms with E-state index in [2.05, 4.69) is 17.6 Å². The van der Waals surface area contributed by atoms with E-state index in [4.69, 9.17) is 14.2 Å². The average molecular weight is 597 g/mol. The number of alkyl carbamates (subject to hydrolysis) is 1. The number of carbonyl (C=O) groups is 2. The molecule has 2 amide bonds. The highest BCUT2D eigenvalue weighted by Crippen LogP contribution is 2.22. The molecule has 1 aromatic rings. The van der Waals surface area contributed by atoms with E-state index in [0.29, 0.717) is 6.54 Å². The molecule has 0 radical (unpaired) electrons. The van der Waals surface area contributed by atoms with E-state index in [0.717, 1.165) is 24.8 Å². The highest BCUT2D eigenvalue weighted by molar-refractivity contribution is 5.85. The minimum absolute atomic E-state index is 0.00738. The summed E-state index contributed by atoms with van der Waals surface area (Å²) in [6.07, 6.45) is 6.23. The van der Waals surface area contributed by atoms with E-state index in [1.54, 1.807) is 12.1 Å². The van der Waals surface area contributed by atoms with Crippen molar-refractivity contribution in [3.05, 3.63) is 35.9 Å². The molecule has 0 bridgehead atoms. The molecule has 0 aromatic heterocycles. The summed E-state index contributed by atoms with van der Waals surface area (Å²) in [5, 5.41) is 44.9. The molecule has 1 saturated heterocycles. The molecule has 11 nitrogen and oxygen atoms in total. The molecule has 6 atom stereocenters. The average Bonchev–Trinajstić information content (AvgIpc) is 3.00. The Hall–Kier alpha value is -2.28. The van der Waals surface area contributed by atoms with E-state index in [1.807, 2.05) is 18.2 Å². The topological polar surface area (TPSA) is 167 Å². The lowest BCUT2D eigenvalue weighted by atomic mass is 9.99. The second-order valence-corrected chi connectivity index (χ2v) is 11.0. The maximum absolute atomic E-state index is 13.0. The summed E-state index contributed by atoms with van der Waals surface area (Å²) in [6, 6.07) is 7.89. The second-order valence-electron chi connectivity index (χ2n) is 11.0. The smallest absolute Gasteiger partial charge is 0.408 e. The quantitative estimate of drug-likeness (QED) is 0.117. The van der Waals surface area contributed by atoms with Crippen molar-refractivity contribution in [2.24, 2.45) is 0 Å². The van der Waals surface area contributed by atoms with Crippen LogP contribution in [0.5, 0.6) is 0 Å². The van der Waals surface area contributed by atoms with Gasteiger partial charge in [-0.3, -0.25) is 4.79 Å². The fourth-order valence-corrected chi connectivity index (χ4v) is 4.79. The van der Waals surface area contributed by atoms with Crippen molar-refractivity contribution in [1.82, 2.24) is 10.6 Å². The van der Waals surface area contributed by atoms with Crippen LogP contribution >= 0.6 is 0 Å². The lowest BCUT2D eigenvalue weighted by Crippen LogP contribution is -2.60. The van der Waals surface area contributed by atoms with E-state index in [-0.39, 0.29) is 6.61 Å². The summed E-state index contributed by atoms with van der Waals surface area (Å²) in [5.41, 5.74) is 0.776.